The first-order valence-electron chi connectivity index (χ1n) is 7.77. The van der Waals surface area contributed by atoms with Gasteiger partial charge in [-0.15, -0.1) is 11.3 Å². The van der Waals surface area contributed by atoms with Crippen LogP contribution in [0.3, 0.4) is 0 Å². The Labute approximate surface area is 149 Å². The number of halogens is 1. The highest BCUT2D eigenvalue weighted by Crippen LogP contribution is 2.25. The third kappa shape index (κ3) is 4.42. The largest absolute Gasteiger partial charge is 0.481 e. The maximum Gasteiger partial charge on any atom is 0.266 e. The highest BCUT2D eigenvalue weighted by molar-refractivity contribution is 7.14. The van der Waals surface area contributed by atoms with Crippen LogP contribution < -0.4 is 10.1 Å². The molecule has 1 amide bonds. The van der Waals surface area contributed by atoms with Crippen molar-refractivity contribution in [2.45, 2.75) is 20.0 Å². The van der Waals surface area contributed by atoms with Gasteiger partial charge in [0.25, 0.3) is 5.91 Å². The third-order valence-corrected chi connectivity index (χ3v) is 4.30. The summed E-state index contributed by atoms with van der Waals surface area (Å²) in [6.07, 6.45) is -0.653. The molecular weight excluding hydrogens is 339 g/mol. The fraction of sp³-hybridized carbons (Fsp3) is 0.158. The molecule has 4 nitrogen and oxygen atoms in total. The molecule has 0 aliphatic heterocycles. The SMILES string of the molecule is Cc1cccc(O[C@@H](C)C(=O)Nc2nc(-c3ccc(F)cc3)cs2)c1. The zero-order chi connectivity index (χ0) is 17.8. The molecule has 128 valence electrons. The van der Waals surface area contributed by atoms with Crippen molar-refractivity contribution in [2.24, 2.45) is 0 Å². The number of ether oxygens (including phenoxy) is 1. The smallest absolute Gasteiger partial charge is 0.266 e. The molecule has 0 saturated carbocycles. The van der Waals surface area contributed by atoms with Crippen molar-refractivity contribution < 1.29 is 13.9 Å². The number of nitrogens with zero attached hydrogens (tertiary/aromatic N) is 1. The number of hydrogen-bond donors (Lipinski definition) is 1. The van der Waals surface area contributed by atoms with Crippen LogP contribution in [0.1, 0.15) is 12.5 Å². The molecule has 0 radical (unpaired) electrons. The van der Waals surface area contributed by atoms with Gasteiger partial charge in [0.05, 0.1) is 5.69 Å². The number of aryl methyl sites for hydroxylation is 1. The summed E-state index contributed by atoms with van der Waals surface area (Å²) >= 11 is 1.31. The number of anilines is 1. The Balaban J connectivity index is 1.64. The van der Waals surface area contributed by atoms with Crippen LogP contribution >= 0.6 is 11.3 Å². The molecule has 0 aliphatic rings. The second-order valence-electron chi connectivity index (χ2n) is 5.61. The van der Waals surface area contributed by atoms with Gasteiger partial charge in [-0.3, -0.25) is 10.1 Å². The number of carbonyl (C=O) groups is 1. The van der Waals surface area contributed by atoms with Crippen LogP contribution in [-0.4, -0.2) is 17.0 Å². The lowest BCUT2D eigenvalue weighted by Gasteiger charge is -2.14. The Hall–Kier alpha value is -2.73. The number of nitrogens with one attached hydrogen (secondary N) is 1. The van der Waals surface area contributed by atoms with E-state index in [1.807, 2.05) is 36.6 Å². The molecule has 1 aromatic heterocycles. The van der Waals surface area contributed by atoms with Gasteiger partial charge in [-0.05, 0) is 55.8 Å². The van der Waals surface area contributed by atoms with Crippen LogP contribution in [0.2, 0.25) is 0 Å². The molecule has 0 fully saturated rings. The molecule has 1 atom stereocenters. The number of aromatic nitrogens is 1. The van der Waals surface area contributed by atoms with Crippen LogP contribution in [0.15, 0.2) is 53.9 Å². The minimum Gasteiger partial charge on any atom is -0.481 e. The number of amides is 1. The van der Waals surface area contributed by atoms with Gasteiger partial charge in [0, 0.05) is 10.9 Å². The highest BCUT2D eigenvalue weighted by Gasteiger charge is 2.16. The van der Waals surface area contributed by atoms with Crippen LogP contribution in [0, 0.1) is 12.7 Å². The highest BCUT2D eigenvalue weighted by atomic mass is 32.1. The molecule has 0 unspecified atom stereocenters. The van der Waals surface area contributed by atoms with Gasteiger partial charge in [-0.2, -0.15) is 0 Å². The van der Waals surface area contributed by atoms with E-state index in [1.165, 1.54) is 23.5 Å². The Morgan fingerprint density at radius 1 is 1.24 bits per heavy atom. The first kappa shape index (κ1) is 17.1. The van der Waals surface area contributed by atoms with E-state index in [2.05, 4.69) is 10.3 Å². The van der Waals surface area contributed by atoms with Crippen LogP contribution in [0.5, 0.6) is 5.75 Å². The molecule has 0 spiro atoms. The fourth-order valence-electron chi connectivity index (χ4n) is 2.24. The second kappa shape index (κ2) is 7.44. The van der Waals surface area contributed by atoms with E-state index in [0.29, 0.717) is 16.6 Å². The number of benzene rings is 2. The maximum atomic E-state index is 13.0. The number of thiazole rings is 1. The molecule has 3 aromatic rings. The molecule has 3 rings (SSSR count). The van der Waals surface area contributed by atoms with Gasteiger partial charge in [0.2, 0.25) is 0 Å². The lowest BCUT2D eigenvalue weighted by Crippen LogP contribution is -2.30. The molecule has 0 saturated heterocycles. The van der Waals surface area contributed by atoms with E-state index in [4.69, 9.17) is 4.74 Å². The molecule has 6 heteroatoms. The van der Waals surface area contributed by atoms with E-state index >= 15 is 0 Å². The molecule has 0 bridgehead atoms. The van der Waals surface area contributed by atoms with E-state index in [1.54, 1.807) is 19.1 Å². The molecule has 1 heterocycles. The van der Waals surface area contributed by atoms with Crippen molar-refractivity contribution in [3.05, 3.63) is 65.3 Å². The molecular formula is C19H17FN2O2S. The van der Waals surface area contributed by atoms with E-state index in [0.717, 1.165) is 11.1 Å². The van der Waals surface area contributed by atoms with Crippen LogP contribution in [0.4, 0.5) is 9.52 Å². The second-order valence-corrected chi connectivity index (χ2v) is 6.47. The Morgan fingerprint density at radius 3 is 2.72 bits per heavy atom. The predicted molar refractivity (Wildman–Crippen MR) is 97.4 cm³/mol. The van der Waals surface area contributed by atoms with Crippen molar-refractivity contribution in [1.82, 2.24) is 4.98 Å². The van der Waals surface area contributed by atoms with Crippen molar-refractivity contribution in [3.63, 3.8) is 0 Å². The number of rotatable bonds is 5. The van der Waals surface area contributed by atoms with E-state index < -0.39 is 6.10 Å². The summed E-state index contributed by atoms with van der Waals surface area (Å²) < 4.78 is 18.6. The maximum absolute atomic E-state index is 13.0. The summed E-state index contributed by atoms with van der Waals surface area (Å²) in [4.78, 5) is 16.6. The van der Waals surface area contributed by atoms with E-state index in [-0.39, 0.29) is 11.7 Å². The Bertz CT molecular complexity index is 877. The summed E-state index contributed by atoms with van der Waals surface area (Å²) in [5.41, 5.74) is 2.55. The predicted octanol–water partition coefficient (Wildman–Crippen LogP) is 4.66. The Morgan fingerprint density at radius 2 is 2.00 bits per heavy atom. The minimum atomic E-state index is -0.653. The average Bonchev–Trinajstić information content (AvgIpc) is 3.04. The van der Waals surface area contributed by atoms with Gasteiger partial charge < -0.3 is 4.74 Å². The first-order chi connectivity index (χ1) is 12.0. The average molecular weight is 356 g/mol. The fourth-order valence-corrected chi connectivity index (χ4v) is 2.96. The molecule has 2 aromatic carbocycles. The lowest BCUT2D eigenvalue weighted by molar-refractivity contribution is -0.122. The summed E-state index contributed by atoms with van der Waals surface area (Å²) in [7, 11) is 0. The standard InChI is InChI=1S/C19H17FN2O2S/c1-12-4-3-5-16(10-12)24-13(2)18(23)22-19-21-17(11-25-19)14-6-8-15(20)9-7-14/h3-11,13H,1-2H3,(H,21,22,23)/t13-/m0/s1. The van der Waals surface area contributed by atoms with Crippen molar-refractivity contribution in [3.8, 4) is 17.0 Å². The van der Waals surface area contributed by atoms with Crippen LogP contribution in [-0.2, 0) is 4.79 Å². The molecule has 25 heavy (non-hydrogen) atoms. The van der Waals surface area contributed by atoms with Gasteiger partial charge in [-0.1, -0.05) is 12.1 Å². The van der Waals surface area contributed by atoms with Gasteiger partial charge in [0.15, 0.2) is 11.2 Å². The lowest BCUT2D eigenvalue weighted by atomic mass is 10.2. The zero-order valence-corrected chi connectivity index (χ0v) is 14.6. The summed E-state index contributed by atoms with van der Waals surface area (Å²) in [6.45, 7) is 3.65. The minimum absolute atomic E-state index is 0.276. The van der Waals surface area contributed by atoms with Crippen molar-refractivity contribution >= 4 is 22.4 Å². The van der Waals surface area contributed by atoms with Crippen molar-refractivity contribution in [1.29, 1.82) is 0 Å². The molecule has 0 aliphatic carbocycles. The van der Waals surface area contributed by atoms with Crippen molar-refractivity contribution in [2.75, 3.05) is 5.32 Å². The first-order valence-corrected chi connectivity index (χ1v) is 8.65. The summed E-state index contributed by atoms with van der Waals surface area (Å²) in [6, 6.07) is 13.6. The van der Waals surface area contributed by atoms with Gasteiger partial charge in [-0.25, -0.2) is 9.37 Å². The number of carbonyl (C=O) groups excluding carboxylic acids is 1. The summed E-state index contributed by atoms with van der Waals surface area (Å²) in [5.74, 6) is 0.0740. The quantitative estimate of drug-likeness (QED) is 0.723. The zero-order valence-electron chi connectivity index (χ0n) is 13.8. The van der Waals surface area contributed by atoms with E-state index in [9.17, 15) is 9.18 Å². The van der Waals surface area contributed by atoms with Gasteiger partial charge in [0.1, 0.15) is 11.6 Å². The normalized spacial score (nSPS) is 11.8. The topological polar surface area (TPSA) is 51.2 Å². The van der Waals surface area contributed by atoms with Crippen LogP contribution in [0.25, 0.3) is 11.3 Å². The Kier molecular flexibility index (Phi) is 5.09. The third-order valence-electron chi connectivity index (χ3n) is 3.55. The monoisotopic (exact) mass is 356 g/mol. The molecule has 1 N–H and O–H groups in total. The van der Waals surface area contributed by atoms with Gasteiger partial charge >= 0.3 is 0 Å². The number of hydrogen-bond acceptors (Lipinski definition) is 4. The summed E-state index contributed by atoms with van der Waals surface area (Å²) in [5, 5.41) is 5.04.